The Labute approximate surface area is 145 Å². The predicted octanol–water partition coefficient (Wildman–Crippen LogP) is 5.91. The van der Waals surface area contributed by atoms with E-state index in [1.54, 1.807) is 0 Å². The van der Waals surface area contributed by atoms with Crippen molar-refractivity contribution < 1.29 is 0 Å². The third kappa shape index (κ3) is 3.46. The molecule has 0 radical (unpaired) electrons. The van der Waals surface area contributed by atoms with Crippen molar-refractivity contribution in [3.05, 3.63) is 65.7 Å². The second-order valence-electron chi connectivity index (χ2n) is 7.35. The monoisotopic (exact) mass is 339 g/mol. The molecule has 1 aliphatic heterocycles. The number of hydrogen-bond acceptors (Lipinski definition) is 2. The first-order chi connectivity index (χ1) is 11.0. The Morgan fingerprint density at radius 3 is 2.26 bits per heavy atom. The molecule has 0 amide bonds. The van der Waals surface area contributed by atoms with Crippen molar-refractivity contribution in [2.45, 2.75) is 31.6 Å². The summed E-state index contributed by atoms with van der Waals surface area (Å²) in [6.07, 6.45) is 3.26. The Bertz CT molecular complexity index is 703. The second kappa shape index (κ2) is 6.66. The Balaban J connectivity index is 2.08. The van der Waals surface area contributed by atoms with E-state index in [4.69, 9.17) is 4.99 Å². The summed E-state index contributed by atoms with van der Waals surface area (Å²) < 4.78 is 0. The van der Waals surface area contributed by atoms with Gasteiger partial charge in [0.1, 0.15) is 0 Å². The van der Waals surface area contributed by atoms with Gasteiger partial charge in [0.2, 0.25) is 0 Å². The lowest BCUT2D eigenvalue weighted by Crippen LogP contribution is -2.41. The molecule has 2 aromatic rings. The van der Waals surface area contributed by atoms with Crippen molar-refractivity contribution in [3.63, 3.8) is 0 Å². The number of benzene rings is 2. The van der Waals surface area contributed by atoms with E-state index in [1.165, 1.54) is 21.9 Å². The van der Waals surface area contributed by atoms with Gasteiger partial charge in [-0.05, 0) is 35.4 Å². The van der Waals surface area contributed by atoms with Crippen LogP contribution in [0.4, 0.5) is 5.69 Å². The minimum Gasteiger partial charge on any atom is -0.246 e. The SMILES string of the molecule is CSC1=Nc2ccccc2[C@H]([Si](C)(C)C)[C@H]1Cc1ccccc1. The Morgan fingerprint density at radius 1 is 0.957 bits per heavy atom. The topological polar surface area (TPSA) is 12.4 Å². The van der Waals surface area contributed by atoms with Gasteiger partial charge in [0.25, 0.3) is 0 Å². The van der Waals surface area contributed by atoms with Gasteiger partial charge >= 0.3 is 0 Å². The highest BCUT2D eigenvalue weighted by Gasteiger charge is 2.40. The molecule has 0 aromatic heterocycles. The lowest BCUT2D eigenvalue weighted by molar-refractivity contribution is 0.641. The first kappa shape index (κ1) is 16.5. The van der Waals surface area contributed by atoms with E-state index >= 15 is 0 Å². The van der Waals surface area contributed by atoms with Crippen LogP contribution in [-0.4, -0.2) is 19.4 Å². The van der Waals surface area contributed by atoms with Gasteiger partial charge in [-0.2, -0.15) is 0 Å². The quantitative estimate of drug-likeness (QED) is 0.633. The maximum absolute atomic E-state index is 5.01. The maximum atomic E-state index is 5.01. The van der Waals surface area contributed by atoms with Gasteiger partial charge in [0.15, 0.2) is 0 Å². The van der Waals surface area contributed by atoms with Crippen molar-refractivity contribution in [2.75, 3.05) is 6.26 Å². The fourth-order valence-corrected chi connectivity index (χ4v) is 7.25. The maximum Gasteiger partial charge on any atom is 0.0773 e. The third-order valence-corrected chi connectivity index (χ3v) is 8.05. The minimum absolute atomic E-state index is 0.508. The van der Waals surface area contributed by atoms with Gasteiger partial charge in [-0.25, -0.2) is 4.99 Å². The number of aliphatic imine (C=N–C) groups is 1. The van der Waals surface area contributed by atoms with Crippen LogP contribution in [0.1, 0.15) is 16.7 Å². The second-order valence-corrected chi connectivity index (χ2v) is 13.5. The van der Waals surface area contributed by atoms with Crippen LogP contribution in [-0.2, 0) is 6.42 Å². The number of hydrogen-bond donors (Lipinski definition) is 0. The van der Waals surface area contributed by atoms with Gasteiger partial charge in [-0.3, -0.25) is 0 Å². The molecule has 3 heteroatoms. The molecular weight excluding hydrogens is 314 g/mol. The molecule has 0 aliphatic carbocycles. The van der Waals surface area contributed by atoms with Crippen LogP contribution < -0.4 is 0 Å². The van der Waals surface area contributed by atoms with Gasteiger partial charge in [-0.1, -0.05) is 68.2 Å². The number of thioether (sulfide) groups is 1. The summed E-state index contributed by atoms with van der Waals surface area (Å²) >= 11 is 1.83. The van der Waals surface area contributed by atoms with Crippen LogP contribution in [0.15, 0.2) is 59.6 Å². The number of fused-ring (bicyclic) bond motifs is 1. The summed E-state index contributed by atoms with van der Waals surface area (Å²) in [7, 11) is -1.38. The Hall–Kier alpha value is -1.32. The molecule has 2 atom stereocenters. The highest BCUT2D eigenvalue weighted by molar-refractivity contribution is 8.13. The largest absolute Gasteiger partial charge is 0.246 e. The number of para-hydroxylation sites is 1. The van der Waals surface area contributed by atoms with Crippen molar-refractivity contribution >= 4 is 30.6 Å². The minimum atomic E-state index is -1.38. The molecular formula is C20H25NSSi. The Kier molecular flexibility index (Phi) is 4.79. The molecule has 1 heterocycles. The van der Waals surface area contributed by atoms with Crippen molar-refractivity contribution in [3.8, 4) is 0 Å². The molecule has 3 rings (SSSR count). The predicted molar refractivity (Wildman–Crippen MR) is 107 cm³/mol. The molecule has 0 fully saturated rings. The van der Waals surface area contributed by atoms with E-state index in [-0.39, 0.29) is 0 Å². The molecule has 0 N–H and O–H groups in total. The standard InChI is InChI=1S/C20H25NSSi/c1-22-20-17(14-15-10-6-5-7-11-15)19(23(2,3)4)16-12-8-9-13-18(16)21-20/h5-13,17,19H,14H2,1-4H3/t17-,19+/m1/s1. The normalized spacial score (nSPS) is 20.8. The summed E-state index contributed by atoms with van der Waals surface area (Å²) in [5.41, 5.74) is 4.69. The summed E-state index contributed by atoms with van der Waals surface area (Å²) in [5.74, 6) is 0.508. The molecule has 0 unspecified atom stereocenters. The van der Waals surface area contributed by atoms with Gasteiger partial charge in [0, 0.05) is 5.92 Å². The third-order valence-electron chi connectivity index (χ3n) is 4.66. The summed E-state index contributed by atoms with van der Waals surface area (Å²) in [6, 6.07) is 19.6. The van der Waals surface area contributed by atoms with E-state index in [0.29, 0.717) is 11.5 Å². The van der Waals surface area contributed by atoms with E-state index in [2.05, 4.69) is 80.5 Å². The van der Waals surface area contributed by atoms with E-state index in [1.807, 2.05) is 11.8 Å². The molecule has 1 aliphatic rings. The molecule has 23 heavy (non-hydrogen) atoms. The smallest absolute Gasteiger partial charge is 0.0773 e. The van der Waals surface area contributed by atoms with Crippen LogP contribution in [0.3, 0.4) is 0 Å². The molecule has 0 spiro atoms. The number of rotatable bonds is 3. The van der Waals surface area contributed by atoms with Crippen LogP contribution >= 0.6 is 11.8 Å². The molecule has 0 saturated heterocycles. The van der Waals surface area contributed by atoms with E-state index in [9.17, 15) is 0 Å². The van der Waals surface area contributed by atoms with Crippen molar-refractivity contribution in [1.82, 2.24) is 0 Å². The molecule has 2 aromatic carbocycles. The zero-order valence-corrected chi connectivity index (χ0v) is 16.2. The van der Waals surface area contributed by atoms with E-state index in [0.717, 1.165) is 6.42 Å². The molecule has 120 valence electrons. The van der Waals surface area contributed by atoms with Crippen LogP contribution in [0.25, 0.3) is 0 Å². The van der Waals surface area contributed by atoms with Crippen molar-refractivity contribution in [1.29, 1.82) is 0 Å². The van der Waals surface area contributed by atoms with Gasteiger partial charge in [-0.15, -0.1) is 11.8 Å². The van der Waals surface area contributed by atoms with Crippen LogP contribution in [0.5, 0.6) is 0 Å². The first-order valence-corrected chi connectivity index (χ1v) is 13.1. The van der Waals surface area contributed by atoms with E-state index < -0.39 is 8.07 Å². The van der Waals surface area contributed by atoms with Gasteiger partial charge < -0.3 is 0 Å². The van der Waals surface area contributed by atoms with Gasteiger partial charge in [0.05, 0.1) is 18.8 Å². The summed E-state index contributed by atoms with van der Waals surface area (Å²) in [6.45, 7) is 7.49. The summed E-state index contributed by atoms with van der Waals surface area (Å²) in [5, 5.41) is 1.31. The zero-order chi connectivity index (χ0) is 16.4. The zero-order valence-electron chi connectivity index (χ0n) is 14.4. The average molecular weight is 340 g/mol. The fourth-order valence-electron chi connectivity index (χ4n) is 3.75. The summed E-state index contributed by atoms with van der Waals surface area (Å²) in [4.78, 5) is 5.01. The average Bonchev–Trinajstić information content (AvgIpc) is 2.54. The molecule has 0 saturated carbocycles. The lowest BCUT2D eigenvalue weighted by atomic mass is 9.89. The Morgan fingerprint density at radius 2 is 1.61 bits per heavy atom. The first-order valence-electron chi connectivity index (χ1n) is 8.26. The lowest BCUT2D eigenvalue weighted by Gasteiger charge is -2.40. The highest BCUT2D eigenvalue weighted by atomic mass is 32.2. The molecule has 0 bridgehead atoms. The highest BCUT2D eigenvalue weighted by Crippen LogP contribution is 2.46. The number of nitrogens with zero attached hydrogens (tertiary/aromatic N) is 1. The fraction of sp³-hybridized carbons (Fsp3) is 0.350. The van der Waals surface area contributed by atoms with Crippen molar-refractivity contribution in [2.24, 2.45) is 10.9 Å². The van der Waals surface area contributed by atoms with Crippen LogP contribution in [0.2, 0.25) is 19.6 Å². The molecule has 1 nitrogen and oxygen atoms in total. The van der Waals surface area contributed by atoms with Crippen LogP contribution in [0, 0.1) is 5.92 Å².